The van der Waals surface area contributed by atoms with Crippen LogP contribution in [0.25, 0.3) is 20.8 Å². The van der Waals surface area contributed by atoms with E-state index in [4.69, 9.17) is 24.4 Å². The minimum atomic E-state index is -0.787. The van der Waals surface area contributed by atoms with Crippen molar-refractivity contribution in [3.63, 3.8) is 0 Å². The molecule has 0 radical (unpaired) electrons. The lowest BCUT2D eigenvalue weighted by atomic mass is 9.98. The van der Waals surface area contributed by atoms with Crippen molar-refractivity contribution >= 4 is 39.1 Å². The van der Waals surface area contributed by atoms with Gasteiger partial charge in [-0.2, -0.15) is 0 Å². The van der Waals surface area contributed by atoms with Crippen molar-refractivity contribution in [3.05, 3.63) is 23.7 Å². The number of thiazole rings is 1. The van der Waals surface area contributed by atoms with Gasteiger partial charge in [-0.3, -0.25) is 4.98 Å². The van der Waals surface area contributed by atoms with Crippen molar-refractivity contribution in [2.45, 2.75) is 76.3 Å². The Labute approximate surface area is 201 Å². The Morgan fingerprint density at radius 1 is 1.24 bits per heavy atom. The normalized spacial score (nSPS) is 27.1. The zero-order chi connectivity index (χ0) is 23.5. The van der Waals surface area contributed by atoms with Crippen LogP contribution >= 0.6 is 23.1 Å². The molecule has 2 N–H and O–H groups in total. The lowest BCUT2D eigenvalue weighted by Gasteiger charge is -2.31. The summed E-state index contributed by atoms with van der Waals surface area (Å²) in [4.78, 5) is 18.8. The fourth-order valence-electron chi connectivity index (χ4n) is 5.01. The van der Waals surface area contributed by atoms with E-state index in [0.717, 1.165) is 38.6 Å². The molecule has 0 bridgehead atoms. The zero-order valence-corrected chi connectivity index (χ0v) is 21.3. The third-order valence-electron chi connectivity index (χ3n) is 6.44. The van der Waals surface area contributed by atoms with E-state index in [2.05, 4.69) is 10.3 Å². The Hall–Kier alpha value is -1.85. The van der Waals surface area contributed by atoms with Crippen molar-refractivity contribution in [2.24, 2.45) is 5.92 Å². The molecular weight excluding hydrogens is 458 g/mol. The first kappa shape index (κ1) is 22.9. The highest BCUT2D eigenvalue weighted by molar-refractivity contribution is 7.98. The van der Waals surface area contributed by atoms with Crippen LogP contribution in [-0.4, -0.2) is 55.0 Å². The number of aliphatic hydroxyl groups excluding tert-OH is 1. The highest BCUT2D eigenvalue weighted by Crippen LogP contribution is 2.51. The minimum absolute atomic E-state index is 0.0261. The molecule has 176 valence electrons. The van der Waals surface area contributed by atoms with Gasteiger partial charge in [-0.15, -0.1) is 11.3 Å². The molecule has 10 heteroatoms. The van der Waals surface area contributed by atoms with Crippen molar-refractivity contribution < 1.29 is 14.6 Å². The molecule has 3 aromatic heterocycles. The second-order valence-electron chi connectivity index (χ2n) is 9.28. The van der Waals surface area contributed by atoms with Gasteiger partial charge in [-0.25, -0.2) is 15.0 Å². The van der Waals surface area contributed by atoms with E-state index >= 15 is 0 Å². The molecule has 0 amide bonds. The number of nitrogens with one attached hydrogen (secondary N) is 1. The summed E-state index contributed by atoms with van der Waals surface area (Å²) in [7, 11) is 0. The third kappa shape index (κ3) is 3.91. The van der Waals surface area contributed by atoms with E-state index in [-0.39, 0.29) is 12.0 Å². The van der Waals surface area contributed by atoms with Gasteiger partial charge in [-0.1, -0.05) is 11.8 Å². The Morgan fingerprint density at radius 3 is 2.73 bits per heavy atom. The number of aryl methyl sites for hydroxylation is 2. The van der Waals surface area contributed by atoms with Gasteiger partial charge < -0.3 is 19.9 Å². The molecule has 1 saturated heterocycles. The summed E-state index contributed by atoms with van der Waals surface area (Å²) < 4.78 is 13.9. The van der Waals surface area contributed by atoms with E-state index in [9.17, 15) is 5.11 Å². The average molecular weight is 488 g/mol. The third-order valence-corrected chi connectivity index (χ3v) is 8.03. The summed E-state index contributed by atoms with van der Waals surface area (Å²) in [6.07, 6.45) is 4.48. The summed E-state index contributed by atoms with van der Waals surface area (Å²) in [6.45, 7) is 9.60. The number of anilines is 1. The Balaban J connectivity index is 1.63. The first-order chi connectivity index (χ1) is 15.6. The molecule has 4 unspecified atom stereocenters. The fourth-order valence-corrected chi connectivity index (χ4v) is 6.53. The van der Waals surface area contributed by atoms with Gasteiger partial charge in [0.05, 0.1) is 27.8 Å². The van der Waals surface area contributed by atoms with Gasteiger partial charge >= 0.3 is 0 Å². The molecule has 33 heavy (non-hydrogen) atoms. The number of ether oxygens (including phenoxy) is 2. The molecule has 1 aliphatic heterocycles. The van der Waals surface area contributed by atoms with E-state index < -0.39 is 17.6 Å². The van der Waals surface area contributed by atoms with E-state index in [1.54, 1.807) is 11.3 Å². The molecule has 0 spiro atoms. The monoisotopic (exact) mass is 487 g/mol. The smallest absolute Gasteiger partial charge is 0.189 e. The number of pyridine rings is 1. The lowest BCUT2D eigenvalue weighted by Crippen LogP contribution is -2.47. The number of aromatic nitrogens is 4. The molecule has 4 atom stereocenters. The number of thioether (sulfide) groups is 1. The summed E-state index contributed by atoms with van der Waals surface area (Å²) in [5.41, 5.74) is 2.70. The summed E-state index contributed by atoms with van der Waals surface area (Å²) >= 11 is 3.10. The maximum absolute atomic E-state index is 10.4. The molecule has 1 saturated carbocycles. The van der Waals surface area contributed by atoms with Crippen molar-refractivity contribution in [3.8, 4) is 10.6 Å². The van der Waals surface area contributed by atoms with Gasteiger partial charge in [0.1, 0.15) is 22.4 Å². The predicted molar refractivity (Wildman–Crippen MR) is 130 cm³/mol. The first-order valence-electron chi connectivity index (χ1n) is 11.1. The van der Waals surface area contributed by atoms with Gasteiger partial charge in [0.15, 0.2) is 16.7 Å². The van der Waals surface area contributed by atoms with Crippen molar-refractivity contribution in [2.75, 3.05) is 11.6 Å². The standard InChI is InChI=1S/C23H29N5O3S2/c1-11-16(20-26-17-12(2)24-10-8-15(17)33-20)19(27-21(25-11)32-6)28-23-9-7-14(13(3)29)18(23)30-22(4,5)31-23/h8,10,13-14,18,29H,7,9H2,1-6H3,(H,25,27,28). The molecule has 5 rings (SSSR count). The van der Waals surface area contributed by atoms with Gasteiger partial charge in [0.2, 0.25) is 0 Å². The molecule has 2 aliphatic rings. The highest BCUT2D eigenvalue weighted by Gasteiger charge is 2.61. The fraction of sp³-hybridized carbons (Fsp3) is 0.565. The van der Waals surface area contributed by atoms with Crippen LogP contribution in [0.15, 0.2) is 17.4 Å². The molecule has 3 aromatic rings. The average Bonchev–Trinajstić information content (AvgIpc) is 3.36. The number of hydrogen-bond acceptors (Lipinski definition) is 10. The number of fused-ring (bicyclic) bond motifs is 2. The number of aliphatic hydroxyl groups is 1. The lowest BCUT2D eigenvalue weighted by molar-refractivity contribution is -0.169. The highest BCUT2D eigenvalue weighted by atomic mass is 32.2. The van der Waals surface area contributed by atoms with Crippen LogP contribution in [0.5, 0.6) is 0 Å². The van der Waals surface area contributed by atoms with Crippen molar-refractivity contribution in [1.29, 1.82) is 0 Å². The Bertz CT molecular complexity index is 1210. The number of hydrogen-bond donors (Lipinski definition) is 2. The quantitative estimate of drug-likeness (QED) is 0.397. The zero-order valence-electron chi connectivity index (χ0n) is 19.7. The van der Waals surface area contributed by atoms with Crippen LogP contribution in [0, 0.1) is 19.8 Å². The van der Waals surface area contributed by atoms with Crippen LogP contribution in [0.1, 0.15) is 45.0 Å². The van der Waals surface area contributed by atoms with Gasteiger partial charge in [-0.05, 0) is 59.8 Å². The largest absolute Gasteiger partial charge is 0.393 e. The summed E-state index contributed by atoms with van der Waals surface area (Å²) in [5.74, 6) is -0.120. The molecule has 4 heterocycles. The Kier molecular flexibility index (Phi) is 5.64. The van der Waals surface area contributed by atoms with Crippen LogP contribution in [0.3, 0.4) is 0 Å². The van der Waals surface area contributed by atoms with Crippen LogP contribution in [0.4, 0.5) is 5.82 Å². The summed E-state index contributed by atoms with van der Waals surface area (Å²) in [6, 6.07) is 1.98. The van der Waals surface area contributed by atoms with Crippen LogP contribution < -0.4 is 5.32 Å². The van der Waals surface area contributed by atoms with E-state index in [1.165, 1.54) is 11.8 Å². The maximum Gasteiger partial charge on any atom is 0.189 e. The minimum Gasteiger partial charge on any atom is -0.393 e. The number of nitrogens with zero attached hydrogens (tertiary/aromatic N) is 4. The van der Waals surface area contributed by atoms with Crippen LogP contribution in [0.2, 0.25) is 0 Å². The molecule has 2 fully saturated rings. The first-order valence-corrected chi connectivity index (χ1v) is 13.2. The number of rotatable bonds is 5. The van der Waals surface area contributed by atoms with E-state index in [1.807, 2.05) is 53.1 Å². The van der Waals surface area contributed by atoms with Gasteiger partial charge in [0, 0.05) is 12.1 Å². The maximum atomic E-state index is 10.4. The van der Waals surface area contributed by atoms with Crippen LogP contribution in [-0.2, 0) is 9.47 Å². The molecular formula is C23H29N5O3S2. The second-order valence-corrected chi connectivity index (χ2v) is 11.1. The predicted octanol–water partition coefficient (Wildman–Crippen LogP) is 4.54. The molecule has 1 aliphatic carbocycles. The van der Waals surface area contributed by atoms with E-state index in [0.29, 0.717) is 17.4 Å². The SMILES string of the molecule is CSc1nc(C)c(-c2nc3c(C)nccc3s2)c(NC23CCC(C(C)O)C2OC(C)(C)O3)n1. The van der Waals surface area contributed by atoms with Crippen molar-refractivity contribution in [1.82, 2.24) is 19.9 Å². The van der Waals surface area contributed by atoms with Gasteiger partial charge in [0.25, 0.3) is 0 Å². The summed E-state index contributed by atoms with van der Waals surface area (Å²) in [5, 5.41) is 15.5. The molecule has 8 nitrogen and oxygen atoms in total. The topological polar surface area (TPSA) is 102 Å². The Morgan fingerprint density at radius 2 is 2.03 bits per heavy atom. The molecule has 0 aromatic carbocycles. The second kappa shape index (κ2) is 8.13.